The first-order valence-electron chi connectivity index (χ1n) is 6.94. The maximum Gasteiger partial charge on any atom is 0.0469 e. The molecular formula is C15H23ClN2O. The van der Waals surface area contributed by atoms with Gasteiger partial charge in [-0.1, -0.05) is 23.7 Å². The molecule has 1 atom stereocenters. The van der Waals surface area contributed by atoms with Crippen molar-refractivity contribution in [3.63, 3.8) is 0 Å². The Bertz CT molecular complexity index is 393. The van der Waals surface area contributed by atoms with Gasteiger partial charge in [-0.3, -0.25) is 4.90 Å². The molecule has 106 valence electrons. The highest BCUT2D eigenvalue weighted by molar-refractivity contribution is 6.30. The zero-order valence-corrected chi connectivity index (χ0v) is 12.3. The van der Waals surface area contributed by atoms with Crippen molar-refractivity contribution in [1.82, 2.24) is 4.90 Å². The molecule has 0 radical (unpaired) electrons. The van der Waals surface area contributed by atoms with Gasteiger partial charge in [0.15, 0.2) is 0 Å². The van der Waals surface area contributed by atoms with Crippen molar-refractivity contribution in [2.24, 2.45) is 11.7 Å². The van der Waals surface area contributed by atoms with Crippen LogP contribution >= 0.6 is 11.6 Å². The second kappa shape index (κ2) is 7.25. The molecule has 1 aliphatic rings. The Morgan fingerprint density at radius 1 is 1.42 bits per heavy atom. The summed E-state index contributed by atoms with van der Waals surface area (Å²) in [6, 6.07) is 8.24. The van der Waals surface area contributed by atoms with Crippen LogP contribution in [0, 0.1) is 5.92 Å². The zero-order valence-electron chi connectivity index (χ0n) is 11.5. The minimum absolute atomic E-state index is 0.238. The number of nitrogens with zero attached hydrogens (tertiary/aromatic N) is 1. The first-order chi connectivity index (χ1) is 9.20. The standard InChI is InChI=1S/C15H23ClN2O/c1-18(11-12-5-7-19-8-6-12)15(10-17)13-3-2-4-14(16)9-13/h2-4,9,12,15H,5-8,10-11,17H2,1H3. The Morgan fingerprint density at radius 3 is 2.79 bits per heavy atom. The SMILES string of the molecule is CN(CC1CCOCC1)C(CN)c1cccc(Cl)c1. The van der Waals surface area contributed by atoms with Gasteiger partial charge < -0.3 is 10.5 Å². The Balaban J connectivity index is 1.99. The molecule has 0 spiro atoms. The number of benzene rings is 1. The molecule has 1 aromatic rings. The molecular weight excluding hydrogens is 260 g/mol. The van der Waals surface area contributed by atoms with Crippen molar-refractivity contribution in [3.8, 4) is 0 Å². The fourth-order valence-corrected chi connectivity index (χ4v) is 2.95. The van der Waals surface area contributed by atoms with Gasteiger partial charge in [-0.05, 0) is 43.5 Å². The van der Waals surface area contributed by atoms with Gasteiger partial charge >= 0.3 is 0 Å². The molecule has 0 saturated carbocycles. The van der Waals surface area contributed by atoms with Gasteiger partial charge in [-0.25, -0.2) is 0 Å². The predicted octanol–water partition coefficient (Wildman–Crippen LogP) is 2.70. The molecule has 3 nitrogen and oxygen atoms in total. The van der Waals surface area contributed by atoms with Crippen LogP contribution in [0.15, 0.2) is 24.3 Å². The number of hydrogen-bond acceptors (Lipinski definition) is 3. The molecule has 0 bridgehead atoms. The lowest BCUT2D eigenvalue weighted by molar-refractivity contribution is 0.0507. The molecule has 0 amide bonds. The Hall–Kier alpha value is -0.610. The van der Waals surface area contributed by atoms with E-state index in [-0.39, 0.29) is 6.04 Å². The van der Waals surface area contributed by atoms with E-state index >= 15 is 0 Å². The monoisotopic (exact) mass is 282 g/mol. The van der Waals surface area contributed by atoms with Gasteiger partial charge in [0.2, 0.25) is 0 Å². The Labute approximate surface area is 120 Å². The molecule has 0 aliphatic carbocycles. The maximum atomic E-state index is 6.07. The largest absolute Gasteiger partial charge is 0.381 e. The van der Waals surface area contributed by atoms with Crippen molar-refractivity contribution >= 4 is 11.6 Å². The van der Waals surface area contributed by atoms with Crippen LogP contribution < -0.4 is 5.73 Å². The molecule has 4 heteroatoms. The number of halogens is 1. The van der Waals surface area contributed by atoms with Gasteiger partial charge in [-0.2, -0.15) is 0 Å². The highest BCUT2D eigenvalue weighted by atomic mass is 35.5. The van der Waals surface area contributed by atoms with Crippen LogP contribution in [-0.2, 0) is 4.74 Å². The average molecular weight is 283 g/mol. The van der Waals surface area contributed by atoms with Gasteiger partial charge in [0, 0.05) is 37.4 Å². The molecule has 19 heavy (non-hydrogen) atoms. The Kier molecular flexibility index (Phi) is 5.64. The summed E-state index contributed by atoms with van der Waals surface area (Å²) >= 11 is 6.07. The van der Waals surface area contributed by atoms with E-state index in [1.807, 2.05) is 18.2 Å². The zero-order chi connectivity index (χ0) is 13.7. The number of likely N-dealkylation sites (N-methyl/N-ethyl adjacent to an activating group) is 1. The lowest BCUT2D eigenvalue weighted by Gasteiger charge is -2.32. The molecule has 2 rings (SSSR count). The molecule has 1 saturated heterocycles. The number of hydrogen-bond donors (Lipinski definition) is 1. The summed E-state index contributed by atoms with van der Waals surface area (Å²) < 4.78 is 5.41. The van der Waals surface area contributed by atoms with Crippen molar-refractivity contribution < 1.29 is 4.74 Å². The van der Waals surface area contributed by atoms with E-state index in [4.69, 9.17) is 22.1 Å². The number of rotatable bonds is 5. The summed E-state index contributed by atoms with van der Waals surface area (Å²) in [4.78, 5) is 2.35. The third-order valence-corrected chi connectivity index (χ3v) is 4.11. The van der Waals surface area contributed by atoms with Crippen molar-refractivity contribution in [2.45, 2.75) is 18.9 Å². The van der Waals surface area contributed by atoms with Crippen molar-refractivity contribution in [3.05, 3.63) is 34.9 Å². The van der Waals surface area contributed by atoms with Crippen molar-refractivity contribution in [2.75, 3.05) is 33.4 Å². The summed E-state index contributed by atoms with van der Waals surface area (Å²) in [5.74, 6) is 0.715. The minimum atomic E-state index is 0.238. The summed E-state index contributed by atoms with van der Waals surface area (Å²) in [7, 11) is 2.15. The van der Waals surface area contributed by atoms with Gasteiger partial charge in [-0.15, -0.1) is 0 Å². The van der Waals surface area contributed by atoms with E-state index in [9.17, 15) is 0 Å². The minimum Gasteiger partial charge on any atom is -0.381 e. The normalized spacial score (nSPS) is 18.7. The van der Waals surface area contributed by atoms with Crippen LogP contribution in [0.2, 0.25) is 5.02 Å². The molecule has 2 N–H and O–H groups in total. The van der Waals surface area contributed by atoms with Crippen LogP contribution in [0.1, 0.15) is 24.4 Å². The van der Waals surface area contributed by atoms with Crippen LogP contribution in [0.25, 0.3) is 0 Å². The highest BCUT2D eigenvalue weighted by Gasteiger charge is 2.21. The van der Waals surface area contributed by atoms with Crippen LogP contribution in [0.5, 0.6) is 0 Å². The van der Waals surface area contributed by atoms with Gasteiger partial charge in [0.05, 0.1) is 0 Å². The molecule has 1 unspecified atom stereocenters. The molecule has 1 fully saturated rings. The topological polar surface area (TPSA) is 38.5 Å². The van der Waals surface area contributed by atoms with E-state index in [2.05, 4.69) is 18.0 Å². The van der Waals surface area contributed by atoms with Gasteiger partial charge in [0.1, 0.15) is 0 Å². The van der Waals surface area contributed by atoms with Crippen molar-refractivity contribution in [1.29, 1.82) is 0 Å². The number of nitrogens with two attached hydrogens (primary N) is 1. The second-order valence-electron chi connectivity index (χ2n) is 5.30. The molecule has 1 heterocycles. The first-order valence-corrected chi connectivity index (χ1v) is 7.32. The van der Waals surface area contributed by atoms with Crippen LogP contribution in [0.3, 0.4) is 0 Å². The molecule has 1 aliphatic heterocycles. The van der Waals surface area contributed by atoms with E-state index in [0.29, 0.717) is 12.5 Å². The summed E-state index contributed by atoms with van der Waals surface area (Å²) in [6.07, 6.45) is 2.30. The first kappa shape index (κ1) is 14.8. The smallest absolute Gasteiger partial charge is 0.0469 e. The average Bonchev–Trinajstić information content (AvgIpc) is 2.41. The summed E-state index contributed by atoms with van der Waals surface area (Å²) in [5, 5.41) is 0.774. The van der Waals surface area contributed by atoms with Crippen LogP contribution in [-0.4, -0.2) is 38.3 Å². The van der Waals surface area contributed by atoms with Crippen LogP contribution in [0.4, 0.5) is 0 Å². The third kappa shape index (κ3) is 4.18. The van der Waals surface area contributed by atoms with E-state index in [0.717, 1.165) is 37.6 Å². The van der Waals surface area contributed by atoms with E-state index in [1.165, 1.54) is 5.56 Å². The second-order valence-corrected chi connectivity index (χ2v) is 5.74. The molecule has 0 aromatic heterocycles. The molecule has 1 aromatic carbocycles. The highest BCUT2D eigenvalue weighted by Crippen LogP contribution is 2.24. The lowest BCUT2D eigenvalue weighted by Crippen LogP contribution is -2.36. The summed E-state index contributed by atoms with van der Waals surface area (Å²) in [6.45, 7) is 3.46. The summed E-state index contributed by atoms with van der Waals surface area (Å²) in [5.41, 5.74) is 7.15. The quantitative estimate of drug-likeness (QED) is 0.902. The fraction of sp³-hybridized carbons (Fsp3) is 0.600. The third-order valence-electron chi connectivity index (χ3n) is 3.88. The van der Waals surface area contributed by atoms with E-state index < -0.39 is 0 Å². The lowest BCUT2D eigenvalue weighted by atomic mass is 9.98. The predicted molar refractivity (Wildman–Crippen MR) is 79.4 cm³/mol. The van der Waals surface area contributed by atoms with E-state index in [1.54, 1.807) is 0 Å². The number of ether oxygens (including phenoxy) is 1. The maximum absolute atomic E-state index is 6.07. The fourth-order valence-electron chi connectivity index (χ4n) is 2.75. The van der Waals surface area contributed by atoms with Gasteiger partial charge in [0.25, 0.3) is 0 Å². The Morgan fingerprint density at radius 2 is 2.16 bits per heavy atom.